The number of anilines is 1. The molecule has 3 N–H and O–H groups in total. The molecule has 1 fully saturated rings. The number of amides is 1. The predicted molar refractivity (Wildman–Crippen MR) is 80.9 cm³/mol. The van der Waals surface area contributed by atoms with Gasteiger partial charge >= 0.3 is 6.18 Å². The molecule has 1 aromatic carbocycles. The molecule has 7 heteroatoms. The van der Waals surface area contributed by atoms with E-state index in [1.807, 2.05) is 0 Å². The molecule has 1 aromatic rings. The molecule has 1 aliphatic carbocycles. The fourth-order valence-corrected chi connectivity index (χ4v) is 2.35. The molecule has 0 spiro atoms. The van der Waals surface area contributed by atoms with E-state index in [1.165, 1.54) is 18.2 Å². The van der Waals surface area contributed by atoms with Crippen LogP contribution in [0.25, 0.3) is 0 Å². The second-order valence-electron chi connectivity index (χ2n) is 6.24. The molecule has 0 heterocycles. The first-order valence-electron chi connectivity index (χ1n) is 7.56. The molecule has 1 unspecified atom stereocenters. The van der Waals surface area contributed by atoms with Crippen molar-refractivity contribution in [2.24, 2.45) is 5.41 Å². The molecule has 0 bridgehead atoms. The molecule has 1 saturated carbocycles. The summed E-state index contributed by atoms with van der Waals surface area (Å²) in [4.78, 5) is 11.9. The number of nitrogens with one attached hydrogen (secondary N) is 2. The van der Waals surface area contributed by atoms with Crippen molar-refractivity contribution < 1.29 is 23.1 Å². The Morgan fingerprint density at radius 3 is 2.57 bits per heavy atom. The van der Waals surface area contributed by atoms with Crippen LogP contribution in [0.4, 0.5) is 18.9 Å². The van der Waals surface area contributed by atoms with Gasteiger partial charge in [-0.25, -0.2) is 0 Å². The molecule has 1 aliphatic rings. The molecule has 0 saturated heterocycles. The van der Waals surface area contributed by atoms with E-state index in [2.05, 4.69) is 10.6 Å². The number of carbonyl (C=O) groups excluding carboxylic acids is 1. The van der Waals surface area contributed by atoms with Gasteiger partial charge in [-0.2, -0.15) is 13.2 Å². The lowest BCUT2D eigenvalue weighted by atomic mass is 10.1. The van der Waals surface area contributed by atoms with Crippen LogP contribution in [0, 0.1) is 5.41 Å². The van der Waals surface area contributed by atoms with Gasteiger partial charge in [0.25, 0.3) is 0 Å². The van der Waals surface area contributed by atoms with Crippen molar-refractivity contribution in [1.82, 2.24) is 5.32 Å². The Morgan fingerprint density at radius 1 is 1.35 bits per heavy atom. The Hall–Kier alpha value is -1.60. The first-order chi connectivity index (χ1) is 10.8. The number of carbonyl (C=O) groups is 1. The highest BCUT2D eigenvalue weighted by atomic mass is 19.4. The van der Waals surface area contributed by atoms with Gasteiger partial charge in [-0.05, 0) is 31.9 Å². The van der Waals surface area contributed by atoms with Gasteiger partial charge in [0.05, 0.1) is 11.3 Å². The van der Waals surface area contributed by atoms with E-state index in [4.69, 9.17) is 0 Å². The average molecular weight is 330 g/mol. The minimum absolute atomic E-state index is 0.0632. The lowest BCUT2D eigenvalue weighted by Crippen LogP contribution is -2.36. The van der Waals surface area contributed by atoms with Gasteiger partial charge in [0.1, 0.15) is 0 Å². The Kier molecular flexibility index (Phi) is 5.31. The summed E-state index contributed by atoms with van der Waals surface area (Å²) >= 11 is 0. The number of halogens is 3. The van der Waals surface area contributed by atoms with E-state index >= 15 is 0 Å². The smallest absolute Gasteiger partial charge is 0.396 e. The monoisotopic (exact) mass is 330 g/mol. The predicted octanol–water partition coefficient (Wildman–Crippen LogP) is 2.78. The summed E-state index contributed by atoms with van der Waals surface area (Å²) in [5.41, 5.74) is -1.16. The summed E-state index contributed by atoms with van der Waals surface area (Å²) in [6.07, 6.45) is -2.54. The van der Waals surface area contributed by atoms with Gasteiger partial charge in [-0.15, -0.1) is 0 Å². The van der Waals surface area contributed by atoms with Crippen LogP contribution in [0.3, 0.4) is 0 Å². The molecule has 1 atom stereocenters. The summed E-state index contributed by atoms with van der Waals surface area (Å²) in [6.45, 7) is 2.51. The maximum atomic E-state index is 12.9. The number of hydrogen-bond donors (Lipinski definition) is 3. The fraction of sp³-hybridized carbons (Fsp3) is 0.562. The molecule has 23 heavy (non-hydrogen) atoms. The van der Waals surface area contributed by atoms with Crippen molar-refractivity contribution in [3.63, 3.8) is 0 Å². The number of aliphatic hydroxyl groups is 1. The summed E-state index contributed by atoms with van der Waals surface area (Å²) in [5.74, 6) is -0.476. The van der Waals surface area contributed by atoms with Gasteiger partial charge < -0.3 is 15.7 Å². The molecule has 0 aromatic heterocycles. The zero-order valence-corrected chi connectivity index (χ0v) is 12.9. The quantitative estimate of drug-likeness (QED) is 0.720. The van der Waals surface area contributed by atoms with Crippen LogP contribution in [0.1, 0.15) is 31.7 Å². The summed E-state index contributed by atoms with van der Waals surface area (Å²) in [7, 11) is 0. The van der Waals surface area contributed by atoms with E-state index in [1.54, 1.807) is 6.92 Å². The van der Waals surface area contributed by atoms with E-state index < -0.39 is 17.6 Å². The van der Waals surface area contributed by atoms with Crippen LogP contribution < -0.4 is 10.6 Å². The Morgan fingerprint density at radius 2 is 2.00 bits per heavy atom. The standard InChI is InChI=1S/C16H21F3N2O2/c1-11(20-9-15(10-22)6-7-15)8-14(23)21-13-5-3-2-4-12(13)16(17,18)19/h2-5,11,20,22H,6-10H2,1H3,(H,21,23). The number of aliphatic hydroxyl groups excluding tert-OH is 1. The number of benzene rings is 1. The van der Waals surface area contributed by atoms with Gasteiger partial charge in [0.15, 0.2) is 0 Å². The van der Waals surface area contributed by atoms with E-state index in [9.17, 15) is 23.1 Å². The first kappa shape index (κ1) is 17.7. The zero-order chi connectivity index (χ0) is 17.1. The maximum Gasteiger partial charge on any atom is 0.418 e. The van der Waals surface area contributed by atoms with Crippen LogP contribution in [0.2, 0.25) is 0 Å². The molecule has 0 aliphatic heterocycles. The van der Waals surface area contributed by atoms with Crippen molar-refractivity contribution in [3.05, 3.63) is 29.8 Å². The summed E-state index contributed by atoms with van der Waals surface area (Å²) in [6, 6.07) is 4.73. The molecule has 4 nitrogen and oxygen atoms in total. The van der Waals surface area contributed by atoms with Crippen molar-refractivity contribution in [2.75, 3.05) is 18.5 Å². The molecular formula is C16H21F3N2O2. The molecule has 1 amide bonds. The molecular weight excluding hydrogens is 309 g/mol. The average Bonchev–Trinajstić information content (AvgIpc) is 3.25. The van der Waals surface area contributed by atoms with Crippen molar-refractivity contribution in [3.8, 4) is 0 Å². The van der Waals surface area contributed by atoms with Crippen molar-refractivity contribution in [2.45, 2.75) is 38.4 Å². The Labute approximate surface area is 133 Å². The molecule has 0 radical (unpaired) electrons. The third-order valence-electron chi connectivity index (χ3n) is 4.12. The van der Waals surface area contributed by atoms with Crippen LogP contribution in [-0.4, -0.2) is 30.2 Å². The fourth-order valence-electron chi connectivity index (χ4n) is 2.35. The van der Waals surface area contributed by atoms with E-state index in [-0.39, 0.29) is 30.2 Å². The highest BCUT2D eigenvalue weighted by Gasteiger charge is 2.41. The van der Waals surface area contributed by atoms with Gasteiger partial charge in [0, 0.05) is 31.0 Å². The maximum absolute atomic E-state index is 12.9. The summed E-state index contributed by atoms with van der Waals surface area (Å²) in [5, 5.41) is 14.7. The van der Waals surface area contributed by atoms with Crippen molar-refractivity contribution in [1.29, 1.82) is 0 Å². The van der Waals surface area contributed by atoms with Crippen LogP contribution >= 0.6 is 0 Å². The normalized spacial score (nSPS) is 17.6. The van der Waals surface area contributed by atoms with Crippen LogP contribution in [0.5, 0.6) is 0 Å². The number of alkyl halides is 3. The van der Waals surface area contributed by atoms with Gasteiger partial charge in [-0.1, -0.05) is 12.1 Å². The number of rotatable bonds is 7. The van der Waals surface area contributed by atoms with Gasteiger partial charge in [0.2, 0.25) is 5.91 Å². The first-order valence-corrected chi connectivity index (χ1v) is 7.56. The minimum Gasteiger partial charge on any atom is -0.396 e. The molecule has 2 rings (SSSR count). The van der Waals surface area contributed by atoms with E-state index in [0.717, 1.165) is 18.9 Å². The number of para-hydroxylation sites is 1. The highest BCUT2D eigenvalue weighted by Crippen LogP contribution is 2.44. The topological polar surface area (TPSA) is 61.4 Å². The minimum atomic E-state index is -4.51. The zero-order valence-electron chi connectivity index (χ0n) is 12.9. The van der Waals surface area contributed by atoms with Gasteiger partial charge in [-0.3, -0.25) is 4.79 Å². The Balaban J connectivity index is 1.87. The lowest BCUT2D eigenvalue weighted by Gasteiger charge is -2.19. The second-order valence-corrected chi connectivity index (χ2v) is 6.24. The third-order valence-corrected chi connectivity index (χ3v) is 4.12. The number of hydrogen-bond acceptors (Lipinski definition) is 3. The summed E-state index contributed by atoms with van der Waals surface area (Å²) < 4.78 is 38.6. The van der Waals surface area contributed by atoms with Crippen LogP contribution in [0.15, 0.2) is 24.3 Å². The SMILES string of the molecule is CC(CC(=O)Nc1ccccc1C(F)(F)F)NCC1(CO)CC1. The van der Waals surface area contributed by atoms with Crippen molar-refractivity contribution >= 4 is 11.6 Å². The van der Waals surface area contributed by atoms with Crippen LogP contribution in [-0.2, 0) is 11.0 Å². The van der Waals surface area contributed by atoms with E-state index in [0.29, 0.717) is 6.54 Å². The Bertz CT molecular complexity index is 557. The second kappa shape index (κ2) is 6.88. The molecule has 128 valence electrons. The largest absolute Gasteiger partial charge is 0.418 e. The third kappa shape index (κ3) is 4.94. The lowest BCUT2D eigenvalue weighted by molar-refractivity contribution is -0.137. The highest BCUT2D eigenvalue weighted by molar-refractivity contribution is 5.92.